The van der Waals surface area contributed by atoms with Gasteiger partial charge in [0.2, 0.25) is 5.95 Å². The van der Waals surface area contributed by atoms with Crippen LogP contribution in [0.15, 0.2) is 18.3 Å². The maximum absolute atomic E-state index is 13.1. The number of rotatable bonds is 3. The first kappa shape index (κ1) is 9.89. The Kier molecular flexibility index (Phi) is 2.53. The molecule has 2 rings (SSSR count). The standard InChI is InChI=1S/C10H13FN4/c1-3-14(4-2)10-13-12-9-6-5-8(11)7-15(9)10/h5-7H,3-4H2,1-2H3. The Hall–Kier alpha value is -1.65. The fourth-order valence-electron chi connectivity index (χ4n) is 1.57. The van der Waals surface area contributed by atoms with Crippen LogP contribution < -0.4 is 4.90 Å². The molecular formula is C10H13FN4. The van der Waals surface area contributed by atoms with E-state index in [0.717, 1.165) is 13.1 Å². The Morgan fingerprint density at radius 3 is 2.67 bits per heavy atom. The summed E-state index contributed by atoms with van der Waals surface area (Å²) < 4.78 is 14.7. The van der Waals surface area contributed by atoms with Crippen LogP contribution in [0.5, 0.6) is 0 Å². The van der Waals surface area contributed by atoms with E-state index in [9.17, 15) is 4.39 Å². The van der Waals surface area contributed by atoms with Crippen molar-refractivity contribution in [2.45, 2.75) is 13.8 Å². The average molecular weight is 208 g/mol. The van der Waals surface area contributed by atoms with Crippen molar-refractivity contribution in [1.82, 2.24) is 14.6 Å². The SMILES string of the molecule is CCN(CC)c1nnc2ccc(F)cn12. The summed E-state index contributed by atoms with van der Waals surface area (Å²) in [5.74, 6) is 0.408. The molecule has 80 valence electrons. The van der Waals surface area contributed by atoms with E-state index in [1.807, 2.05) is 18.7 Å². The zero-order valence-electron chi connectivity index (χ0n) is 8.81. The number of anilines is 1. The van der Waals surface area contributed by atoms with Crippen LogP contribution >= 0.6 is 0 Å². The lowest BCUT2D eigenvalue weighted by Gasteiger charge is -2.17. The zero-order valence-corrected chi connectivity index (χ0v) is 8.81. The summed E-state index contributed by atoms with van der Waals surface area (Å²) in [7, 11) is 0. The molecule has 0 saturated heterocycles. The van der Waals surface area contributed by atoms with Crippen molar-refractivity contribution in [3.63, 3.8) is 0 Å². The molecule has 0 aromatic carbocycles. The molecule has 0 aliphatic rings. The van der Waals surface area contributed by atoms with Crippen LogP contribution in [-0.2, 0) is 0 Å². The van der Waals surface area contributed by atoms with Crippen LogP contribution in [0, 0.1) is 5.82 Å². The summed E-state index contributed by atoms with van der Waals surface area (Å²) in [5.41, 5.74) is 0.665. The average Bonchev–Trinajstić information content (AvgIpc) is 2.64. The topological polar surface area (TPSA) is 33.4 Å². The van der Waals surface area contributed by atoms with E-state index in [-0.39, 0.29) is 5.82 Å². The van der Waals surface area contributed by atoms with Crippen LogP contribution in [0.2, 0.25) is 0 Å². The van der Waals surface area contributed by atoms with Gasteiger partial charge in [-0.1, -0.05) is 0 Å². The van der Waals surface area contributed by atoms with E-state index in [4.69, 9.17) is 0 Å². The second kappa shape index (κ2) is 3.84. The Morgan fingerprint density at radius 2 is 2.00 bits per heavy atom. The number of hydrogen-bond acceptors (Lipinski definition) is 3. The van der Waals surface area contributed by atoms with E-state index in [0.29, 0.717) is 11.6 Å². The predicted molar refractivity (Wildman–Crippen MR) is 56.5 cm³/mol. The molecule has 0 spiro atoms. The lowest BCUT2D eigenvalue weighted by Crippen LogP contribution is -2.24. The molecule has 0 amide bonds. The quantitative estimate of drug-likeness (QED) is 0.770. The molecule has 0 aliphatic heterocycles. The highest BCUT2D eigenvalue weighted by Gasteiger charge is 2.10. The first-order valence-electron chi connectivity index (χ1n) is 5.01. The lowest BCUT2D eigenvalue weighted by atomic mass is 10.4. The summed E-state index contributed by atoms with van der Waals surface area (Å²) in [6, 6.07) is 3.01. The van der Waals surface area contributed by atoms with Crippen molar-refractivity contribution in [1.29, 1.82) is 0 Å². The molecule has 2 heterocycles. The largest absolute Gasteiger partial charge is 0.341 e. The molecule has 4 nitrogen and oxygen atoms in total. The van der Waals surface area contributed by atoms with Gasteiger partial charge in [0.15, 0.2) is 5.65 Å². The number of fused-ring (bicyclic) bond motifs is 1. The first-order chi connectivity index (χ1) is 7.26. The molecule has 2 aromatic heterocycles. The van der Waals surface area contributed by atoms with Crippen LogP contribution in [-0.4, -0.2) is 27.7 Å². The van der Waals surface area contributed by atoms with Crippen LogP contribution in [0.4, 0.5) is 10.3 Å². The summed E-state index contributed by atoms with van der Waals surface area (Å²) in [5, 5.41) is 8.03. The number of pyridine rings is 1. The van der Waals surface area contributed by atoms with Gasteiger partial charge in [0.05, 0.1) is 0 Å². The minimum atomic E-state index is -0.282. The van der Waals surface area contributed by atoms with Gasteiger partial charge in [-0.05, 0) is 26.0 Å². The van der Waals surface area contributed by atoms with Gasteiger partial charge in [0, 0.05) is 19.3 Å². The molecule has 0 fully saturated rings. The highest BCUT2D eigenvalue weighted by Crippen LogP contribution is 2.13. The van der Waals surface area contributed by atoms with Crippen LogP contribution in [0.25, 0.3) is 5.65 Å². The van der Waals surface area contributed by atoms with Crippen molar-refractivity contribution in [2.75, 3.05) is 18.0 Å². The third kappa shape index (κ3) is 1.65. The molecule has 0 N–H and O–H groups in total. The Morgan fingerprint density at radius 1 is 1.27 bits per heavy atom. The lowest BCUT2D eigenvalue weighted by molar-refractivity contribution is 0.618. The van der Waals surface area contributed by atoms with Gasteiger partial charge in [0.1, 0.15) is 5.82 Å². The molecule has 0 unspecified atom stereocenters. The van der Waals surface area contributed by atoms with Gasteiger partial charge < -0.3 is 4.90 Å². The third-order valence-corrected chi connectivity index (χ3v) is 2.39. The smallest absolute Gasteiger partial charge is 0.231 e. The van der Waals surface area contributed by atoms with Gasteiger partial charge >= 0.3 is 0 Å². The molecule has 15 heavy (non-hydrogen) atoms. The van der Waals surface area contributed by atoms with Gasteiger partial charge in [0.25, 0.3) is 0 Å². The van der Waals surface area contributed by atoms with Crippen molar-refractivity contribution >= 4 is 11.6 Å². The molecule has 5 heteroatoms. The first-order valence-corrected chi connectivity index (χ1v) is 5.01. The van der Waals surface area contributed by atoms with Gasteiger partial charge in [-0.15, -0.1) is 10.2 Å². The predicted octanol–water partition coefficient (Wildman–Crippen LogP) is 1.71. The van der Waals surface area contributed by atoms with Gasteiger partial charge in [-0.25, -0.2) is 4.39 Å². The Labute approximate surface area is 87.3 Å². The molecule has 0 saturated carbocycles. The van der Waals surface area contributed by atoms with E-state index < -0.39 is 0 Å². The maximum atomic E-state index is 13.1. The minimum absolute atomic E-state index is 0.282. The number of halogens is 1. The monoisotopic (exact) mass is 208 g/mol. The summed E-state index contributed by atoms with van der Waals surface area (Å²) >= 11 is 0. The zero-order chi connectivity index (χ0) is 10.8. The third-order valence-electron chi connectivity index (χ3n) is 2.39. The van der Waals surface area contributed by atoms with Crippen LogP contribution in [0.1, 0.15) is 13.8 Å². The number of aromatic nitrogens is 3. The Balaban J connectivity index is 2.55. The normalized spacial score (nSPS) is 10.9. The highest BCUT2D eigenvalue weighted by molar-refractivity contribution is 5.46. The molecular weight excluding hydrogens is 195 g/mol. The van der Waals surface area contributed by atoms with Crippen molar-refractivity contribution in [3.8, 4) is 0 Å². The van der Waals surface area contributed by atoms with E-state index in [1.165, 1.54) is 12.3 Å². The maximum Gasteiger partial charge on any atom is 0.231 e. The summed E-state index contributed by atoms with van der Waals surface area (Å²) in [6.45, 7) is 5.72. The molecule has 0 bridgehead atoms. The molecule has 0 aliphatic carbocycles. The van der Waals surface area contributed by atoms with Crippen LogP contribution in [0.3, 0.4) is 0 Å². The highest BCUT2D eigenvalue weighted by atomic mass is 19.1. The number of nitrogens with zero attached hydrogens (tertiary/aromatic N) is 4. The number of hydrogen-bond donors (Lipinski definition) is 0. The van der Waals surface area contributed by atoms with Crippen molar-refractivity contribution in [2.24, 2.45) is 0 Å². The molecule has 0 atom stereocenters. The minimum Gasteiger partial charge on any atom is -0.341 e. The molecule has 0 radical (unpaired) electrons. The van der Waals surface area contributed by atoms with E-state index in [1.54, 1.807) is 10.5 Å². The second-order valence-electron chi connectivity index (χ2n) is 3.25. The fourth-order valence-corrected chi connectivity index (χ4v) is 1.57. The van der Waals surface area contributed by atoms with E-state index in [2.05, 4.69) is 10.2 Å². The van der Waals surface area contributed by atoms with E-state index >= 15 is 0 Å². The van der Waals surface area contributed by atoms with Gasteiger partial charge in [-0.2, -0.15) is 0 Å². The second-order valence-corrected chi connectivity index (χ2v) is 3.25. The van der Waals surface area contributed by atoms with Crippen molar-refractivity contribution < 1.29 is 4.39 Å². The summed E-state index contributed by atoms with van der Waals surface area (Å²) in [6.07, 6.45) is 1.41. The molecule has 2 aromatic rings. The summed E-state index contributed by atoms with van der Waals surface area (Å²) in [4.78, 5) is 2.03. The fraction of sp³-hybridized carbons (Fsp3) is 0.400. The van der Waals surface area contributed by atoms with Gasteiger partial charge in [-0.3, -0.25) is 4.40 Å². The Bertz CT molecular complexity index is 461. The van der Waals surface area contributed by atoms with Crippen molar-refractivity contribution in [3.05, 3.63) is 24.1 Å².